The van der Waals surface area contributed by atoms with Crippen LogP contribution in [0.15, 0.2) is 66.2 Å². The van der Waals surface area contributed by atoms with Gasteiger partial charge in [0.15, 0.2) is 11.5 Å². The van der Waals surface area contributed by atoms with Gasteiger partial charge in [-0.15, -0.1) is 0 Å². The van der Waals surface area contributed by atoms with Crippen molar-refractivity contribution < 1.29 is 23.9 Å². The van der Waals surface area contributed by atoms with E-state index in [0.29, 0.717) is 38.4 Å². The maximum absolute atomic E-state index is 13.1. The third kappa shape index (κ3) is 5.16. The molecule has 0 radical (unpaired) electrons. The van der Waals surface area contributed by atoms with Crippen LogP contribution in [0.4, 0.5) is 10.5 Å². The first-order valence-electron chi connectivity index (χ1n) is 10.5. The number of ether oxygens (including phenoxy) is 2. The van der Waals surface area contributed by atoms with E-state index in [2.05, 4.69) is 5.32 Å². The van der Waals surface area contributed by atoms with Crippen LogP contribution in [0.1, 0.15) is 16.7 Å². The van der Waals surface area contributed by atoms with Gasteiger partial charge >= 0.3 is 6.03 Å². The maximum Gasteiger partial charge on any atom is 0.335 e. The van der Waals surface area contributed by atoms with Gasteiger partial charge in [-0.05, 0) is 60.5 Å². The van der Waals surface area contributed by atoms with Crippen LogP contribution in [0, 0.1) is 6.92 Å². The molecule has 0 saturated carbocycles. The Labute approximate surface area is 211 Å². The number of halogens is 2. The van der Waals surface area contributed by atoms with Crippen molar-refractivity contribution in [1.82, 2.24) is 5.32 Å². The molecule has 3 aromatic carbocycles. The zero-order valence-electron chi connectivity index (χ0n) is 18.8. The summed E-state index contributed by atoms with van der Waals surface area (Å²) in [5, 5.41) is 3.17. The van der Waals surface area contributed by atoms with Crippen molar-refractivity contribution in [3.05, 3.63) is 93.0 Å². The Kier molecular flexibility index (Phi) is 7.10. The predicted octanol–water partition coefficient (Wildman–Crippen LogP) is 5.56. The van der Waals surface area contributed by atoms with Crippen molar-refractivity contribution in [2.24, 2.45) is 0 Å². The normalized spacial score (nSPS) is 14.8. The Bertz CT molecular complexity index is 1350. The lowest BCUT2D eigenvalue weighted by Crippen LogP contribution is -2.54. The van der Waals surface area contributed by atoms with Crippen molar-refractivity contribution in [2.75, 3.05) is 12.0 Å². The quantitative estimate of drug-likeness (QED) is 0.346. The van der Waals surface area contributed by atoms with Crippen molar-refractivity contribution in [1.29, 1.82) is 0 Å². The van der Waals surface area contributed by atoms with Gasteiger partial charge in [-0.1, -0.05) is 47.5 Å². The third-order valence-corrected chi connectivity index (χ3v) is 6.00. The Morgan fingerprint density at radius 3 is 2.34 bits per heavy atom. The van der Waals surface area contributed by atoms with Gasteiger partial charge in [0.2, 0.25) is 0 Å². The number of aryl methyl sites for hydroxylation is 1. The van der Waals surface area contributed by atoms with Gasteiger partial charge < -0.3 is 9.47 Å². The number of nitrogens with one attached hydrogen (secondary N) is 1. The highest BCUT2D eigenvalue weighted by molar-refractivity contribution is 6.39. The number of urea groups is 1. The maximum atomic E-state index is 13.1. The van der Waals surface area contributed by atoms with Crippen LogP contribution in [0.5, 0.6) is 11.5 Å². The van der Waals surface area contributed by atoms with Crippen LogP contribution in [0.2, 0.25) is 10.0 Å². The van der Waals surface area contributed by atoms with Crippen LogP contribution in [-0.4, -0.2) is 25.0 Å². The van der Waals surface area contributed by atoms with Gasteiger partial charge in [-0.25, -0.2) is 9.69 Å². The fraction of sp³-hybridized carbons (Fsp3) is 0.115. The van der Waals surface area contributed by atoms with Crippen LogP contribution in [0.25, 0.3) is 6.08 Å². The number of benzene rings is 3. The summed E-state index contributed by atoms with van der Waals surface area (Å²) in [4.78, 5) is 38.9. The number of amides is 4. The van der Waals surface area contributed by atoms with E-state index in [4.69, 9.17) is 32.7 Å². The molecule has 7 nitrogen and oxygen atoms in total. The topological polar surface area (TPSA) is 84.9 Å². The third-order valence-electron chi connectivity index (χ3n) is 5.29. The average molecular weight is 511 g/mol. The average Bonchev–Trinajstić information content (AvgIpc) is 2.82. The van der Waals surface area contributed by atoms with Gasteiger partial charge in [0.1, 0.15) is 12.2 Å². The van der Waals surface area contributed by atoms with Gasteiger partial charge in [0, 0.05) is 15.6 Å². The largest absolute Gasteiger partial charge is 0.493 e. The number of anilines is 1. The van der Waals surface area contributed by atoms with E-state index < -0.39 is 17.8 Å². The zero-order chi connectivity index (χ0) is 25.1. The molecule has 1 N–H and O–H groups in total. The van der Waals surface area contributed by atoms with Gasteiger partial charge in [-0.3, -0.25) is 14.9 Å². The lowest BCUT2D eigenvalue weighted by atomic mass is 10.1. The molecule has 1 saturated heterocycles. The van der Waals surface area contributed by atoms with E-state index in [-0.39, 0.29) is 12.2 Å². The molecular weight excluding hydrogens is 491 g/mol. The Morgan fingerprint density at radius 1 is 0.943 bits per heavy atom. The Hall–Kier alpha value is -3.81. The number of hydrogen-bond acceptors (Lipinski definition) is 5. The van der Waals surface area contributed by atoms with Crippen LogP contribution >= 0.6 is 23.2 Å². The lowest BCUT2D eigenvalue weighted by molar-refractivity contribution is -0.122. The van der Waals surface area contributed by atoms with Crippen molar-refractivity contribution in [3.8, 4) is 11.5 Å². The molecule has 4 amide bonds. The van der Waals surface area contributed by atoms with Crippen LogP contribution < -0.4 is 19.7 Å². The highest BCUT2D eigenvalue weighted by atomic mass is 35.5. The second kappa shape index (κ2) is 10.2. The summed E-state index contributed by atoms with van der Waals surface area (Å²) in [6.45, 7) is 1.96. The Balaban J connectivity index is 1.61. The van der Waals surface area contributed by atoms with Crippen LogP contribution in [0.3, 0.4) is 0 Å². The SMILES string of the molecule is COc1cc(/C=C2\C(=O)NC(=O)N(c3cccc(C)c3)C2=O)ccc1OCc1c(Cl)cccc1Cl. The van der Waals surface area contributed by atoms with Gasteiger partial charge in [0.25, 0.3) is 11.8 Å². The number of hydrogen-bond donors (Lipinski definition) is 1. The summed E-state index contributed by atoms with van der Waals surface area (Å²) >= 11 is 12.4. The number of imide groups is 2. The fourth-order valence-corrected chi connectivity index (χ4v) is 4.05. The van der Waals surface area contributed by atoms with Gasteiger partial charge in [-0.2, -0.15) is 0 Å². The number of barbiturate groups is 1. The summed E-state index contributed by atoms with van der Waals surface area (Å²) < 4.78 is 11.3. The lowest BCUT2D eigenvalue weighted by Gasteiger charge is -2.26. The molecule has 9 heteroatoms. The summed E-state index contributed by atoms with van der Waals surface area (Å²) in [6.07, 6.45) is 1.39. The smallest absolute Gasteiger partial charge is 0.335 e. The van der Waals surface area contributed by atoms with Crippen molar-refractivity contribution in [2.45, 2.75) is 13.5 Å². The van der Waals surface area contributed by atoms with Gasteiger partial charge in [0.05, 0.1) is 12.8 Å². The highest BCUT2D eigenvalue weighted by Gasteiger charge is 2.36. The highest BCUT2D eigenvalue weighted by Crippen LogP contribution is 2.32. The summed E-state index contributed by atoms with van der Waals surface area (Å²) in [6, 6.07) is 16.2. The second-order valence-electron chi connectivity index (χ2n) is 7.70. The first kappa shape index (κ1) is 24.3. The molecule has 35 heavy (non-hydrogen) atoms. The molecule has 0 bridgehead atoms. The van der Waals surface area contributed by atoms with Crippen LogP contribution in [-0.2, 0) is 16.2 Å². The standard InChI is InChI=1S/C26H20Cl2N2O5/c1-15-5-3-6-17(11-15)30-25(32)18(24(31)29-26(30)33)12-16-9-10-22(23(13-16)34-2)35-14-19-20(27)7-4-8-21(19)28/h3-13H,14H2,1-2H3,(H,29,31,33)/b18-12+. The van der Waals surface area contributed by atoms with E-state index in [9.17, 15) is 14.4 Å². The number of methoxy groups -OCH3 is 1. The minimum absolute atomic E-state index is 0.115. The van der Waals surface area contributed by atoms with Crippen molar-refractivity contribution in [3.63, 3.8) is 0 Å². The molecular formula is C26H20Cl2N2O5. The fourth-order valence-electron chi connectivity index (χ4n) is 3.54. The first-order chi connectivity index (χ1) is 16.8. The molecule has 0 atom stereocenters. The number of carbonyl (C=O) groups is 3. The van der Waals surface area contributed by atoms with E-state index >= 15 is 0 Å². The molecule has 4 rings (SSSR count). The molecule has 0 aromatic heterocycles. The Morgan fingerprint density at radius 2 is 1.66 bits per heavy atom. The second-order valence-corrected chi connectivity index (χ2v) is 8.51. The molecule has 1 aliphatic rings. The number of nitrogens with zero attached hydrogens (tertiary/aromatic N) is 1. The molecule has 178 valence electrons. The van der Waals surface area contributed by atoms with E-state index in [1.807, 2.05) is 13.0 Å². The monoisotopic (exact) mass is 510 g/mol. The number of carbonyl (C=O) groups excluding carboxylic acids is 3. The minimum Gasteiger partial charge on any atom is -0.493 e. The molecule has 0 spiro atoms. The summed E-state index contributed by atoms with van der Waals surface area (Å²) in [5.41, 5.74) is 2.18. The summed E-state index contributed by atoms with van der Waals surface area (Å²) in [7, 11) is 1.47. The first-order valence-corrected chi connectivity index (χ1v) is 11.3. The molecule has 0 aliphatic carbocycles. The molecule has 1 fully saturated rings. The number of rotatable bonds is 6. The van der Waals surface area contributed by atoms with E-state index in [0.717, 1.165) is 10.5 Å². The molecule has 0 unspecified atom stereocenters. The van der Waals surface area contributed by atoms with E-state index in [1.54, 1.807) is 54.6 Å². The molecule has 3 aromatic rings. The molecule has 1 heterocycles. The zero-order valence-corrected chi connectivity index (χ0v) is 20.3. The van der Waals surface area contributed by atoms with Crippen molar-refractivity contribution >= 4 is 52.8 Å². The summed E-state index contributed by atoms with van der Waals surface area (Å²) in [5.74, 6) is -0.715. The minimum atomic E-state index is -0.803. The van der Waals surface area contributed by atoms with E-state index in [1.165, 1.54) is 13.2 Å². The molecule has 1 aliphatic heterocycles. The predicted molar refractivity (Wildman–Crippen MR) is 134 cm³/mol.